The highest BCUT2D eigenvalue weighted by Crippen LogP contribution is 2.41. The summed E-state index contributed by atoms with van der Waals surface area (Å²) in [4.78, 5) is 28.5. The Kier molecular flexibility index (Phi) is 9.69. The summed E-state index contributed by atoms with van der Waals surface area (Å²) < 4.78 is 50.1. The largest absolute Gasteiger partial charge is 0.461 e. The zero-order chi connectivity index (χ0) is 35.7. The first-order valence-electron chi connectivity index (χ1n) is 17.8. The second-order valence-electron chi connectivity index (χ2n) is 14.2. The van der Waals surface area contributed by atoms with Gasteiger partial charge in [-0.05, 0) is 99.9 Å². The van der Waals surface area contributed by atoms with Gasteiger partial charge in [-0.2, -0.15) is 9.97 Å². The van der Waals surface area contributed by atoms with E-state index in [9.17, 15) is 18.0 Å². The number of hydrogen-bond donors (Lipinski definition) is 1. The van der Waals surface area contributed by atoms with E-state index in [0.717, 1.165) is 67.0 Å². The number of allylic oxidation sites excluding steroid dienone is 1. The summed E-state index contributed by atoms with van der Waals surface area (Å²) >= 11 is 0. The fourth-order valence-electron chi connectivity index (χ4n) is 8.11. The monoisotopic (exact) mass is 696 g/mol. The lowest BCUT2D eigenvalue weighted by Crippen LogP contribution is -2.46. The predicted octanol–water partition coefficient (Wildman–Crippen LogP) is 6.52. The summed E-state index contributed by atoms with van der Waals surface area (Å²) in [7, 11) is 0. The number of aromatic nitrogens is 2. The van der Waals surface area contributed by atoms with E-state index < -0.39 is 17.5 Å². The van der Waals surface area contributed by atoms with Crippen LogP contribution in [-0.4, -0.2) is 66.4 Å². The van der Waals surface area contributed by atoms with Gasteiger partial charge in [-0.15, -0.1) is 6.42 Å². The van der Waals surface area contributed by atoms with E-state index in [1.54, 1.807) is 12.1 Å². The van der Waals surface area contributed by atoms with Gasteiger partial charge in [0.25, 0.3) is 0 Å². The van der Waals surface area contributed by atoms with Gasteiger partial charge in [-0.25, -0.2) is 13.2 Å². The molecule has 3 atom stereocenters. The molecule has 11 heteroatoms. The van der Waals surface area contributed by atoms with Crippen molar-refractivity contribution in [3.05, 3.63) is 88.8 Å². The number of ether oxygens (including phenoxy) is 1. The molecular weight excluding hydrogens is 653 g/mol. The number of carbonyl (C=O) groups is 1. The van der Waals surface area contributed by atoms with Crippen molar-refractivity contribution in [3.8, 4) is 18.4 Å². The second kappa shape index (κ2) is 14.3. The van der Waals surface area contributed by atoms with Crippen LogP contribution in [0.4, 0.5) is 30.4 Å². The van der Waals surface area contributed by atoms with Crippen LogP contribution < -0.4 is 24.8 Å². The van der Waals surface area contributed by atoms with Crippen LogP contribution in [0.1, 0.15) is 67.8 Å². The summed E-state index contributed by atoms with van der Waals surface area (Å²) in [6.45, 7) is 7.81. The van der Waals surface area contributed by atoms with Gasteiger partial charge in [-0.1, -0.05) is 18.6 Å². The maximum Gasteiger partial charge on any atom is 0.319 e. The van der Waals surface area contributed by atoms with Crippen LogP contribution in [0.2, 0.25) is 0 Å². The SMILES string of the molecule is C#Cc1c(F)ccc2c1N(C1=Cc3nc(OC[C@]4(C)C[C@@H](F)CN4c4ccc(F)cc4)nc(N4CCCCC(NC(=O)C=C)C4)c3CC1)CCC2. The molecule has 0 radical (unpaired) electrons. The molecule has 0 saturated carbocycles. The van der Waals surface area contributed by atoms with Crippen molar-refractivity contribution in [1.82, 2.24) is 15.3 Å². The number of benzene rings is 2. The van der Waals surface area contributed by atoms with Crippen LogP contribution in [0.3, 0.4) is 0 Å². The Morgan fingerprint density at radius 1 is 1.10 bits per heavy atom. The first kappa shape index (κ1) is 34.5. The molecule has 4 heterocycles. The maximum atomic E-state index is 15.0. The molecule has 3 aliphatic heterocycles. The van der Waals surface area contributed by atoms with Gasteiger partial charge in [0.1, 0.15) is 30.2 Å². The first-order valence-corrected chi connectivity index (χ1v) is 17.8. The molecule has 0 spiro atoms. The van der Waals surface area contributed by atoms with Crippen molar-refractivity contribution in [3.63, 3.8) is 0 Å². The Balaban J connectivity index is 1.25. The second-order valence-corrected chi connectivity index (χ2v) is 14.2. The third kappa shape index (κ3) is 7.01. The molecule has 0 bridgehead atoms. The molecule has 1 aromatic heterocycles. The van der Waals surface area contributed by atoms with Crippen LogP contribution in [0.5, 0.6) is 6.01 Å². The number of aryl methyl sites for hydroxylation is 1. The standard InChI is InChI=1S/C40H43F3N6O2/c1-4-32-34(43)18-11-26-9-8-20-48(37(26)32)31-16-17-33-35(21-31)45-39(46-38(33)47-19-7-6-10-29(24-47)44-36(50)5-2)51-25-40(3)22-28(42)23-49(40)30-14-12-27(41)13-15-30/h1,5,11-15,18,21,28-29H,2,6-10,16-17,19-20,22-25H2,3H3,(H,44,50)/t28-,29?,40+/m1/s1. The third-order valence-corrected chi connectivity index (χ3v) is 10.6. The summed E-state index contributed by atoms with van der Waals surface area (Å²) in [6.07, 6.45) is 14.0. The number of terminal acetylenes is 1. The van der Waals surface area contributed by atoms with Gasteiger partial charge in [0.15, 0.2) is 0 Å². The minimum absolute atomic E-state index is 0.0900. The summed E-state index contributed by atoms with van der Waals surface area (Å²) in [5.41, 5.74) is 4.66. The zero-order valence-electron chi connectivity index (χ0n) is 28.9. The first-order chi connectivity index (χ1) is 24.7. The van der Waals surface area contributed by atoms with Gasteiger partial charge in [0, 0.05) is 55.6 Å². The van der Waals surface area contributed by atoms with Crippen molar-refractivity contribution in [2.24, 2.45) is 0 Å². The molecule has 8 nitrogen and oxygen atoms in total. The lowest BCUT2D eigenvalue weighted by atomic mass is 9.93. The molecule has 2 fully saturated rings. The molecule has 4 aliphatic rings. The summed E-state index contributed by atoms with van der Waals surface area (Å²) in [5, 5.41) is 3.07. The Labute approximate surface area is 297 Å². The average Bonchev–Trinajstić information content (AvgIpc) is 3.27. The number of rotatable bonds is 8. The fraction of sp³-hybridized carbons (Fsp3) is 0.425. The predicted molar refractivity (Wildman–Crippen MR) is 194 cm³/mol. The number of amides is 1. The van der Waals surface area contributed by atoms with E-state index in [1.165, 1.54) is 24.3 Å². The Bertz CT molecular complexity index is 1890. The highest BCUT2D eigenvalue weighted by atomic mass is 19.1. The van der Waals surface area contributed by atoms with Crippen molar-refractivity contribution >= 4 is 29.2 Å². The van der Waals surface area contributed by atoms with Crippen LogP contribution in [-0.2, 0) is 17.6 Å². The molecule has 3 aromatic rings. The van der Waals surface area contributed by atoms with Crippen LogP contribution in [0.15, 0.2) is 54.8 Å². The number of anilines is 3. The maximum absolute atomic E-state index is 15.0. The van der Waals surface area contributed by atoms with E-state index in [2.05, 4.69) is 27.6 Å². The van der Waals surface area contributed by atoms with Crippen LogP contribution in [0.25, 0.3) is 6.08 Å². The molecule has 1 amide bonds. The topological polar surface area (TPSA) is 73.8 Å². The summed E-state index contributed by atoms with van der Waals surface area (Å²) in [5.74, 6) is 2.35. The Morgan fingerprint density at radius 3 is 2.71 bits per heavy atom. The molecule has 1 aliphatic carbocycles. The van der Waals surface area contributed by atoms with Gasteiger partial charge < -0.3 is 24.8 Å². The van der Waals surface area contributed by atoms with E-state index in [-0.39, 0.29) is 48.9 Å². The number of hydrogen-bond acceptors (Lipinski definition) is 7. The number of alkyl halides is 1. The Hall–Kier alpha value is -4.98. The zero-order valence-corrected chi connectivity index (χ0v) is 28.9. The van der Waals surface area contributed by atoms with Gasteiger partial charge in [-0.3, -0.25) is 4.79 Å². The lowest BCUT2D eigenvalue weighted by Gasteiger charge is -2.37. The van der Waals surface area contributed by atoms with Crippen LogP contribution >= 0.6 is 0 Å². The number of carbonyl (C=O) groups excluding carboxylic acids is 1. The number of nitrogens with one attached hydrogen (secondary N) is 1. The Morgan fingerprint density at radius 2 is 1.92 bits per heavy atom. The average molecular weight is 697 g/mol. The van der Waals surface area contributed by atoms with Crippen molar-refractivity contribution in [2.75, 3.05) is 47.5 Å². The van der Waals surface area contributed by atoms with Gasteiger partial charge in [0.05, 0.1) is 22.5 Å². The van der Waals surface area contributed by atoms with E-state index >= 15 is 0 Å². The summed E-state index contributed by atoms with van der Waals surface area (Å²) in [6, 6.07) is 9.40. The number of fused-ring (bicyclic) bond motifs is 2. The molecule has 51 heavy (non-hydrogen) atoms. The number of halogens is 3. The molecule has 2 aromatic carbocycles. The van der Waals surface area contributed by atoms with Crippen LogP contribution in [0, 0.1) is 24.0 Å². The number of nitrogens with zero attached hydrogens (tertiary/aromatic N) is 5. The molecule has 1 unspecified atom stereocenters. The quantitative estimate of drug-likeness (QED) is 0.212. The highest BCUT2D eigenvalue weighted by molar-refractivity contribution is 5.87. The minimum Gasteiger partial charge on any atom is -0.461 e. The molecule has 266 valence electrons. The third-order valence-electron chi connectivity index (χ3n) is 10.6. The molecule has 7 rings (SSSR count). The van der Waals surface area contributed by atoms with Crippen molar-refractivity contribution < 1.29 is 22.7 Å². The molecule has 2 saturated heterocycles. The molecular formula is C40H43F3N6O2. The van der Waals surface area contributed by atoms with Gasteiger partial charge >= 0.3 is 6.01 Å². The van der Waals surface area contributed by atoms with Crippen molar-refractivity contribution in [2.45, 2.75) is 76.0 Å². The minimum atomic E-state index is -1.08. The van der Waals surface area contributed by atoms with E-state index in [1.807, 2.05) is 24.0 Å². The lowest BCUT2D eigenvalue weighted by molar-refractivity contribution is -0.117. The smallest absolute Gasteiger partial charge is 0.319 e. The van der Waals surface area contributed by atoms with Crippen molar-refractivity contribution in [1.29, 1.82) is 0 Å². The van der Waals surface area contributed by atoms with E-state index in [4.69, 9.17) is 21.1 Å². The van der Waals surface area contributed by atoms with Gasteiger partial charge in [0.2, 0.25) is 5.91 Å². The fourth-order valence-corrected chi connectivity index (χ4v) is 8.11. The highest BCUT2D eigenvalue weighted by Gasteiger charge is 2.43. The molecule has 1 N–H and O–H groups in total. The van der Waals surface area contributed by atoms with E-state index in [0.29, 0.717) is 37.3 Å². The normalized spacial score (nSPS) is 23.0.